The van der Waals surface area contributed by atoms with Gasteiger partial charge in [0, 0.05) is 11.7 Å². The second-order valence-corrected chi connectivity index (χ2v) is 2.81. The van der Waals surface area contributed by atoms with Crippen molar-refractivity contribution in [3.8, 4) is 0 Å². The lowest BCUT2D eigenvalue weighted by molar-refractivity contribution is 0.663. The molecule has 3 heteroatoms. The van der Waals surface area contributed by atoms with Crippen LogP contribution in [-0.2, 0) is 0 Å². The zero-order valence-electron chi connectivity index (χ0n) is 7.03. The van der Waals surface area contributed by atoms with Gasteiger partial charge >= 0.3 is 0 Å². The molecule has 0 aliphatic carbocycles. The minimum Gasteiger partial charge on any atom is -0.398 e. The Morgan fingerprint density at radius 1 is 1.25 bits per heavy atom. The summed E-state index contributed by atoms with van der Waals surface area (Å²) in [6, 6.07) is 7.59. The first kappa shape index (κ1) is 9.03. The van der Waals surface area contributed by atoms with E-state index in [2.05, 4.69) is 0 Å². The Morgan fingerprint density at radius 3 is 2.50 bits per heavy atom. The first-order valence-corrected chi connectivity index (χ1v) is 4.05. The van der Waals surface area contributed by atoms with Crippen LogP contribution >= 0.6 is 0 Å². The summed E-state index contributed by atoms with van der Waals surface area (Å²) < 4.78 is 0. The summed E-state index contributed by atoms with van der Waals surface area (Å²) in [5.74, 6) is 0. The molecule has 3 nitrogen and oxygen atoms in total. The van der Waals surface area contributed by atoms with E-state index >= 15 is 0 Å². The van der Waals surface area contributed by atoms with Crippen molar-refractivity contribution in [1.29, 1.82) is 0 Å². The molecule has 0 aliphatic rings. The highest BCUT2D eigenvalue weighted by atomic mass is 14.7. The molecule has 66 valence electrons. The fourth-order valence-electron chi connectivity index (χ4n) is 1.18. The maximum absolute atomic E-state index is 5.85. The van der Waals surface area contributed by atoms with E-state index in [-0.39, 0.29) is 6.04 Å². The number of hydrogen-bond acceptors (Lipinski definition) is 3. The molecule has 0 aromatic heterocycles. The number of nitrogens with two attached hydrogens (primary N) is 3. The van der Waals surface area contributed by atoms with Crippen LogP contribution in [0.15, 0.2) is 24.3 Å². The van der Waals surface area contributed by atoms with E-state index in [9.17, 15) is 0 Å². The summed E-state index contributed by atoms with van der Waals surface area (Å²) in [6.45, 7) is 0.593. The first-order chi connectivity index (χ1) is 5.75. The number of rotatable bonds is 3. The third-order valence-corrected chi connectivity index (χ3v) is 1.87. The van der Waals surface area contributed by atoms with E-state index in [1.54, 1.807) is 0 Å². The third-order valence-electron chi connectivity index (χ3n) is 1.87. The number of nitrogen functional groups attached to an aromatic ring is 1. The van der Waals surface area contributed by atoms with Gasteiger partial charge in [0.2, 0.25) is 0 Å². The van der Waals surface area contributed by atoms with Crippen LogP contribution in [0.25, 0.3) is 0 Å². The van der Waals surface area contributed by atoms with E-state index in [1.165, 1.54) is 0 Å². The van der Waals surface area contributed by atoms with Crippen LogP contribution in [0.4, 0.5) is 5.69 Å². The van der Waals surface area contributed by atoms with Gasteiger partial charge in [-0.1, -0.05) is 18.2 Å². The first-order valence-electron chi connectivity index (χ1n) is 4.05. The van der Waals surface area contributed by atoms with Crippen LogP contribution in [0, 0.1) is 0 Å². The van der Waals surface area contributed by atoms with Gasteiger partial charge in [0.15, 0.2) is 0 Å². The van der Waals surface area contributed by atoms with Crippen molar-refractivity contribution in [2.24, 2.45) is 11.5 Å². The quantitative estimate of drug-likeness (QED) is 0.574. The zero-order valence-corrected chi connectivity index (χ0v) is 7.03. The Kier molecular flexibility index (Phi) is 3.08. The van der Waals surface area contributed by atoms with Crippen molar-refractivity contribution >= 4 is 5.69 Å². The molecule has 0 bridgehead atoms. The smallest absolute Gasteiger partial charge is 0.0362 e. The molecular weight excluding hydrogens is 150 g/mol. The summed E-state index contributed by atoms with van der Waals surface area (Å²) in [7, 11) is 0. The second-order valence-electron chi connectivity index (χ2n) is 2.81. The zero-order chi connectivity index (χ0) is 8.97. The van der Waals surface area contributed by atoms with Crippen molar-refractivity contribution in [3.63, 3.8) is 0 Å². The monoisotopic (exact) mass is 165 g/mol. The molecule has 0 fully saturated rings. The molecule has 0 amide bonds. The largest absolute Gasteiger partial charge is 0.398 e. The minimum atomic E-state index is -0.0313. The van der Waals surface area contributed by atoms with Crippen molar-refractivity contribution in [2.45, 2.75) is 12.5 Å². The number of hydrogen-bond donors (Lipinski definition) is 3. The molecule has 0 saturated carbocycles. The summed E-state index contributed by atoms with van der Waals surface area (Å²) in [5.41, 5.74) is 18.7. The number of para-hydroxylation sites is 1. The topological polar surface area (TPSA) is 78.1 Å². The van der Waals surface area contributed by atoms with Gasteiger partial charge in [-0.2, -0.15) is 0 Å². The highest BCUT2D eigenvalue weighted by Crippen LogP contribution is 2.19. The lowest BCUT2D eigenvalue weighted by Gasteiger charge is -2.12. The fraction of sp³-hybridized carbons (Fsp3) is 0.333. The lowest BCUT2D eigenvalue weighted by Crippen LogP contribution is -2.16. The molecule has 1 rings (SSSR count). The van der Waals surface area contributed by atoms with Crippen LogP contribution in [0.3, 0.4) is 0 Å². The molecule has 0 saturated heterocycles. The summed E-state index contributed by atoms with van der Waals surface area (Å²) in [5, 5.41) is 0. The van der Waals surface area contributed by atoms with Gasteiger partial charge in [0.05, 0.1) is 0 Å². The van der Waals surface area contributed by atoms with Gasteiger partial charge in [-0.15, -0.1) is 0 Å². The average Bonchev–Trinajstić information content (AvgIpc) is 2.05. The highest BCUT2D eigenvalue weighted by Gasteiger charge is 2.06. The van der Waals surface area contributed by atoms with Crippen molar-refractivity contribution < 1.29 is 0 Å². The van der Waals surface area contributed by atoms with Gasteiger partial charge in [-0.25, -0.2) is 0 Å². The van der Waals surface area contributed by atoms with Gasteiger partial charge in [0.1, 0.15) is 0 Å². The van der Waals surface area contributed by atoms with Crippen LogP contribution in [-0.4, -0.2) is 6.54 Å². The molecule has 1 atom stereocenters. The molecule has 0 aliphatic heterocycles. The molecule has 1 aromatic carbocycles. The minimum absolute atomic E-state index is 0.0313. The van der Waals surface area contributed by atoms with Gasteiger partial charge in [0.25, 0.3) is 0 Å². The van der Waals surface area contributed by atoms with Crippen molar-refractivity contribution in [1.82, 2.24) is 0 Å². The maximum Gasteiger partial charge on any atom is 0.0362 e. The van der Waals surface area contributed by atoms with E-state index < -0.39 is 0 Å². The maximum atomic E-state index is 5.85. The van der Waals surface area contributed by atoms with Crippen molar-refractivity contribution in [3.05, 3.63) is 29.8 Å². The molecule has 6 N–H and O–H groups in total. The predicted molar refractivity (Wildman–Crippen MR) is 51.5 cm³/mol. The van der Waals surface area contributed by atoms with E-state index in [4.69, 9.17) is 17.2 Å². The molecule has 0 radical (unpaired) electrons. The van der Waals surface area contributed by atoms with E-state index in [0.717, 1.165) is 17.7 Å². The van der Waals surface area contributed by atoms with Gasteiger partial charge in [-0.3, -0.25) is 0 Å². The van der Waals surface area contributed by atoms with Gasteiger partial charge < -0.3 is 17.2 Å². The fourth-order valence-corrected chi connectivity index (χ4v) is 1.18. The second kappa shape index (κ2) is 4.09. The van der Waals surface area contributed by atoms with Crippen molar-refractivity contribution in [2.75, 3.05) is 12.3 Å². The highest BCUT2D eigenvalue weighted by molar-refractivity contribution is 5.47. The standard InChI is InChI=1S/C9H15N3/c10-6-5-9(12)7-3-1-2-4-8(7)11/h1-4,9H,5-6,10-12H2. The Hall–Kier alpha value is -1.06. The third kappa shape index (κ3) is 1.96. The Balaban J connectivity index is 2.79. The Bertz CT molecular complexity index is 247. The summed E-state index contributed by atoms with van der Waals surface area (Å²) in [4.78, 5) is 0. The van der Waals surface area contributed by atoms with Gasteiger partial charge in [-0.05, 0) is 24.6 Å². The predicted octanol–water partition coefficient (Wildman–Crippen LogP) is 0.617. The number of anilines is 1. The van der Waals surface area contributed by atoms with E-state index in [0.29, 0.717) is 6.54 Å². The van der Waals surface area contributed by atoms with Crippen LogP contribution in [0.1, 0.15) is 18.0 Å². The average molecular weight is 165 g/mol. The number of benzene rings is 1. The molecule has 1 unspecified atom stereocenters. The molecule has 0 spiro atoms. The lowest BCUT2D eigenvalue weighted by atomic mass is 10.0. The SMILES string of the molecule is NCCC(N)c1ccccc1N. The Morgan fingerprint density at radius 2 is 1.92 bits per heavy atom. The molecule has 12 heavy (non-hydrogen) atoms. The molecular formula is C9H15N3. The normalized spacial score (nSPS) is 12.8. The van der Waals surface area contributed by atoms with E-state index in [1.807, 2.05) is 24.3 Å². The van der Waals surface area contributed by atoms with Crippen LogP contribution in [0.5, 0.6) is 0 Å². The van der Waals surface area contributed by atoms with Crippen LogP contribution < -0.4 is 17.2 Å². The molecule has 1 aromatic rings. The summed E-state index contributed by atoms with van der Waals surface area (Å²) in [6.07, 6.45) is 0.772. The Labute approximate surface area is 72.5 Å². The summed E-state index contributed by atoms with van der Waals surface area (Å²) >= 11 is 0. The molecule has 0 heterocycles. The van der Waals surface area contributed by atoms with Crippen LogP contribution in [0.2, 0.25) is 0 Å².